The van der Waals surface area contributed by atoms with Crippen LogP contribution in [0.5, 0.6) is 5.75 Å². The maximum absolute atomic E-state index is 11.3. The molecule has 0 heterocycles. The lowest BCUT2D eigenvalue weighted by molar-refractivity contribution is -0.149. The van der Waals surface area contributed by atoms with E-state index >= 15 is 0 Å². The average molecular weight is 328 g/mol. The molecular weight excluding hydrogens is 304 g/mol. The van der Waals surface area contributed by atoms with Crippen molar-refractivity contribution in [1.82, 2.24) is 0 Å². The second-order valence-electron chi connectivity index (χ2n) is 5.54. The Labute approximate surface area is 143 Å². The summed E-state index contributed by atoms with van der Waals surface area (Å²) in [6, 6.07) is 15.8. The molecule has 0 saturated carbocycles. The number of carboxylic acid groups (broad SMARTS) is 1. The first kappa shape index (κ1) is 18.0. The molecule has 0 aliphatic rings. The van der Waals surface area contributed by atoms with Gasteiger partial charge in [-0.1, -0.05) is 43.3 Å². The van der Waals surface area contributed by atoms with E-state index in [9.17, 15) is 9.90 Å². The van der Waals surface area contributed by atoms with Gasteiger partial charge in [-0.3, -0.25) is 0 Å². The summed E-state index contributed by atoms with van der Waals surface area (Å²) in [7, 11) is 0. The van der Waals surface area contributed by atoms with Gasteiger partial charge in [0.25, 0.3) is 0 Å². The molecule has 1 atom stereocenters. The van der Waals surface area contributed by atoms with Crippen LogP contribution >= 0.6 is 0 Å². The Balaban J connectivity index is 2.07. The molecule has 2 rings (SSSR count). The van der Waals surface area contributed by atoms with Gasteiger partial charge in [-0.25, -0.2) is 4.79 Å². The van der Waals surface area contributed by atoms with E-state index in [0.717, 1.165) is 28.9 Å². The number of rotatable bonds is 9. The fourth-order valence-corrected chi connectivity index (χ4v) is 2.58. The quantitative estimate of drug-likeness (QED) is 0.759. The summed E-state index contributed by atoms with van der Waals surface area (Å²) in [4.78, 5) is 11.3. The third-order valence-electron chi connectivity index (χ3n) is 3.86. The Bertz CT molecular complexity index is 652. The Kier molecular flexibility index (Phi) is 6.82. The van der Waals surface area contributed by atoms with E-state index in [2.05, 4.69) is 6.92 Å². The number of hydrogen-bond acceptors (Lipinski definition) is 3. The van der Waals surface area contributed by atoms with E-state index in [1.165, 1.54) is 0 Å². The van der Waals surface area contributed by atoms with Crippen LogP contribution in [-0.2, 0) is 29.0 Å². The summed E-state index contributed by atoms with van der Waals surface area (Å²) in [5, 5.41) is 9.24. The molecule has 0 unspecified atom stereocenters. The Morgan fingerprint density at radius 1 is 1.08 bits per heavy atom. The van der Waals surface area contributed by atoms with Crippen molar-refractivity contribution in [2.45, 2.75) is 39.4 Å². The number of carbonyl (C=O) groups is 1. The standard InChI is InChI=1S/C20H24O4/c1-3-16-12-18(24-14-15-8-6-5-7-9-15)11-10-17(16)13-19(20(21)22)23-4-2/h5-12,19H,3-4,13-14H2,1-2H3,(H,21,22)/t19-/m0/s1. The number of benzene rings is 2. The predicted molar refractivity (Wildman–Crippen MR) is 93.3 cm³/mol. The average Bonchev–Trinajstić information content (AvgIpc) is 2.61. The van der Waals surface area contributed by atoms with Gasteiger partial charge < -0.3 is 14.6 Å². The smallest absolute Gasteiger partial charge is 0.333 e. The van der Waals surface area contributed by atoms with E-state index in [4.69, 9.17) is 9.47 Å². The van der Waals surface area contributed by atoms with Gasteiger partial charge in [0, 0.05) is 13.0 Å². The van der Waals surface area contributed by atoms with E-state index < -0.39 is 12.1 Å². The van der Waals surface area contributed by atoms with Crippen LogP contribution in [0.1, 0.15) is 30.5 Å². The maximum Gasteiger partial charge on any atom is 0.333 e. The molecule has 0 fully saturated rings. The van der Waals surface area contributed by atoms with Crippen LogP contribution in [-0.4, -0.2) is 23.8 Å². The van der Waals surface area contributed by atoms with Gasteiger partial charge in [-0.05, 0) is 42.2 Å². The number of carboxylic acids is 1. The molecule has 0 aliphatic heterocycles. The molecule has 0 spiro atoms. The van der Waals surface area contributed by atoms with Crippen molar-refractivity contribution >= 4 is 5.97 Å². The third kappa shape index (κ3) is 5.10. The SMILES string of the molecule is CCO[C@@H](Cc1ccc(OCc2ccccc2)cc1CC)C(=O)O. The fourth-order valence-electron chi connectivity index (χ4n) is 2.58. The Morgan fingerprint density at radius 2 is 1.83 bits per heavy atom. The number of aryl methyl sites for hydroxylation is 1. The highest BCUT2D eigenvalue weighted by Gasteiger charge is 2.19. The van der Waals surface area contributed by atoms with Gasteiger partial charge in [0.2, 0.25) is 0 Å². The molecule has 128 valence electrons. The minimum Gasteiger partial charge on any atom is -0.489 e. The highest BCUT2D eigenvalue weighted by Crippen LogP contribution is 2.21. The lowest BCUT2D eigenvalue weighted by Crippen LogP contribution is -2.26. The zero-order valence-electron chi connectivity index (χ0n) is 14.2. The Hall–Kier alpha value is -2.33. The summed E-state index contributed by atoms with van der Waals surface area (Å²) in [5.74, 6) is -0.133. The van der Waals surface area contributed by atoms with E-state index in [0.29, 0.717) is 19.6 Å². The topological polar surface area (TPSA) is 55.8 Å². The molecule has 2 aromatic rings. The molecule has 0 aromatic heterocycles. The molecule has 0 amide bonds. The van der Waals surface area contributed by atoms with Crippen LogP contribution in [0.15, 0.2) is 48.5 Å². The molecule has 24 heavy (non-hydrogen) atoms. The summed E-state index contributed by atoms with van der Waals surface area (Å²) < 4.78 is 11.2. The lowest BCUT2D eigenvalue weighted by Gasteiger charge is -2.16. The van der Waals surface area contributed by atoms with Crippen LogP contribution in [0.4, 0.5) is 0 Å². The van der Waals surface area contributed by atoms with Crippen molar-refractivity contribution in [2.75, 3.05) is 6.61 Å². The largest absolute Gasteiger partial charge is 0.489 e. The molecular formula is C20H24O4. The maximum atomic E-state index is 11.3. The molecule has 0 saturated heterocycles. The van der Waals surface area contributed by atoms with Crippen molar-refractivity contribution < 1.29 is 19.4 Å². The lowest BCUT2D eigenvalue weighted by atomic mass is 9.99. The fraction of sp³-hybridized carbons (Fsp3) is 0.350. The van der Waals surface area contributed by atoms with Crippen molar-refractivity contribution in [3.05, 3.63) is 65.2 Å². The Morgan fingerprint density at radius 3 is 2.46 bits per heavy atom. The highest BCUT2D eigenvalue weighted by atomic mass is 16.5. The number of aliphatic carboxylic acids is 1. The molecule has 0 aliphatic carbocycles. The molecule has 2 aromatic carbocycles. The monoisotopic (exact) mass is 328 g/mol. The number of ether oxygens (including phenoxy) is 2. The first-order chi connectivity index (χ1) is 11.6. The molecule has 4 nitrogen and oxygen atoms in total. The van der Waals surface area contributed by atoms with Gasteiger partial charge in [-0.2, -0.15) is 0 Å². The summed E-state index contributed by atoms with van der Waals surface area (Å²) in [6.07, 6.45) is 0.373. The minimum absolute atomic E-state index is 0.366. The minimum atomic E-state index is -0.927. The molecule has 0 bridgehead atoms. The van der Waals surface area contributed by atoms with Crippen molar-refractivity contribution in [3.63, 3.8) is 0 Å². The normalized spacial score (nSPS) is 11.9. The second-order valence-corrected chi connectivity index (χ2v) is 5.54. The van der Waals surface area contributed by atoms with Crippen LogP contribution in [0.2, 0.25) is 0 Å². The third-order valence-corrected chi connectivity index (χ3v) is 3.86. The first-order valence-electron chi connectivity index (χ1n) is 8.27. The van der Waals surface area contributed by atoms with Gasteiger partial charge in [0.05, 0.1) is 0 Å². The second kappa shape index (κ2) is 9.08. The van der Waals surface area contributed by atoms with Crippen molar-refractivity contribution in [2.24, 2.45) is 0 Å². The molecule has 4 heteroatoms. The van der Waals surface area contributed by atoms with Crippen LogP contribution < -0.4 is 4.74 Å². The van der Waals surface area contributed by atoms with Crippen molar-refractivity contribution in [1.29, 1.82) is 0 Å². The van der Waals surface area contributed by atoms with Crippen molar-refractivity contribution in [3.8, 4) is 5.75 Å². The summed E-state index contributed by atoms with van der Waals surface area (Å²) >= 11 is 0. The zero-order chi connectivity index (χ0) is 17.4. The molecule has 1 N–H and O–H groups in total. The van der Waals surface area contributed by atoms with Gasteiger partial charge in [0.15, 0.2) is 6.10 Å². The van der Waals surface area contributed by atoms with Gasteiger partial charge in [-0.15, -0.1) is 0 Å². The van der Waals surface area contributed by atoms with Gasteiger partial charge in [0.1, 0.15) is 12.4 Å². The zero-order valence-corrected chi connectivity index (χ0v) is 14.2. The van der Waals surface area contributed by atoms with E-state index in [1.54, 1.807) is 6.92 Å². The van der Waals surface area contributed by atoms with Gasteiger partial charge >= 0.3 is 5.97 Å². The highest BCUT2D eigenvalue weighted by molar-refractivity contribution is 5.72. The number of hydrogen-bond donors (Lipinski definition) is 1. The first-order valence-corrected chi connectivity index (χ1v) is 8.27. The van der Waals surface area contributed by atoms with Crippen LogP contribution in [0.3, 0.4) is 0 Å². The van der Waals surface area contributed by atoms with E-state index in [1.807, 2.05) is 48.5 Å². The predicted octanol–water partition coefficient (Wildman–Crippen LogP) is 3.86. The van der Waals surface area contributed by atoms with E-state index in [-0.39, 0.29) is 0 Å². The molecule has 0 radical (unpaired) electrons. The summed E-state index contributed by atoms with van der Waals surface area (Å²) in [5.41, 5.74) is 3.19. The summed E-state index contributed by atoms with van der Waals surface area (Å²) in [6.45, 7) is 4.75. The van der Waals surface area contributed by atoms with Crippen LogP contribution in [0.25, 0.3) is 0 Å². The van der Waals surface area contributed by atoms with Crippen LogP contribution in [0, 0.1) is 0 Å².